The maximum Gasteiger partial charge on any atom is 0.220 e. The first-order valence-corrected chi connectivity index (χ1v) is 5.77. The summed E-state index contributed by atoms with van der Waals surface area (Å²) in [7, 11) is 0. The highest BCUT2D eigenvalue weighted by atomic mass is 16.5. The molecule has 0 fully saturated rings. The Labute approximate surface area is 101 Å². The third-order valence-corrected chi connectivity index (χ3v) is 2.22. The molecule has 0 aliphatic rings. The summed E-state index contributed by atoms with van der Waals surface area (Å²) in [6.07, 6.45) is 4.73. The van der Waals surface area contributed by atoms with Crippen molar-refractivity contribution in [2.75, 3.05) is 0 Å². The number of rotatable bonds is 8. The van der Waals surface area contributed by atoms with Gasteiger partial charge in [-0.3, -0.25) is 4.79 Å². The van der Waals surface area contributed by atoms with Crippen molar-refractivity contribution >= 4 is 5.91 Å². The van der Waals surface area contributed by atoms with E-state index in [0.717, 1.165) is 19.3 Å². The van der Waals surface area contributed by atoms with Crippen molar-refractivity contribution in [3.05, 3.63) is 17.5 Å². The van der Waals surface area contributed by atoms with E-state index in [2.05, 4.69) is 12.0 Å². The van der Waals surface area contributed by atoms with Gasteiger partial charge in [-0.25, -0.2) is 0 Å². The second-order valence-electron chi connectivity index (χ2n) is 3.92. The Hall–Kier alpha value is -1.43. The van der Waals surface area contributed by atoms with Gasteiger partial charge in [-0.05, 0) is 31.0 Å². The van der Waals surface area contributed by atoms with Crippen LogP contribution in [0.4, 0.5) is 0 Å². The summed E-state index contributed by atoms with van der Waals surface area (Å²) < 4.78 is 0. The highest BCUT2D eigenvalue weighted by molar-refractivity contribution is 5.74. The van der Waals surface area contributed by atoms with E-state index in [1.165, 1.54) is 6.20 Å². The second-order valence-corrected chi connectivity index (χ2v) is 3.92. The average Bonchev–Trinajstić information content (AvgIpc) is 2.23. The molecule has 2 unspecified atom stereocenters. The van der Waals surface area contributed by atoms with Crippen LogP contribution in [0.15, 0.2) is 17.4 Å². The zero-order valence-corrected chi connectivity index (χ0v) is 10.4. The van der Waals surface area contributed by atoms with Gasteiger partial charge in [0.25, 0.3) is 0 Å². The molecule has 6 nitrogen and oxygen atoms in total. The van der Waals surface area contributed by atoms with E-state index in [0.29, 0.717) is 4.86 Å². The maximum atomic E-state index is 11.2. The van der Waals surface area contributed by atoms with E-state index >= 15 is 0 Å². The van der Waals surface area contributed by atoms with Gasteiger partial charge in [-0.15, -0.1) is 0 Å². The quantitative estimate of drug-likeness (QED) is 0.290. The predicted molar refractivity (Wildman–Crippen MR) is 64.0 cm³/mol. The number of allylic oxidation sites excluding steroid dienone is 1. The van der Waals surface area contributed by atoms with Gasteiger partial charge in [0, 0.05) is 0 Å². The monoisotopic (exact) mass is 243 g/mol. The smallest absolute Gasteiger partial charge is 0.220 e. The normalized spacial score (nSPS) is 16.1. The number of carbonyl (C=O) groups excluding carboxylic acids is 1. The molecular formula is C11H21N3O3. The molecule has 0 aromatic carbocycles. The van der Waals surface area contributed by atoms with Crippen molar-refractivity contribution < 1.29 is 14.8 Å². The van der Waals surface area contributed by atoms with Crippen LogP contribution in [0.2, 0.25) is 0 Å². The fourth-order valence-electron chi connectivity index (χ4n) is 1.16. The number of unbranched alkanes of at least 4 members (excludes halogenated alkanes) is 2. The van der Waals surface area contributed by atoms with Gasteiger partial charge in [0.15, 0.2) is 0 Å². The van der Waals surface area contributed by atoms with E-state index < -0.39 is 18.1 Å². The van der Waals surface area contributed by atoms with Crippen molar-refractivity contribution in [3.63, 3.8) is 0 Å². The number of amides is 1. The largest absolute Gasteiger partial charge is 0.595 e. The minimum atomic E-state index is -1.02. The fraction of sp³-hybridized carbons (Fsp3) is 0.727. The Morgan fingerprint density at radius 1 is 1.65 bits per heavy atom. The van der Waals surface area contributed by atoms with E-state index in [1.807, 2.05) is 0 Å². The number of hydrogen-bond donors (Lipinski definition) is 2. The number of primary amides is 1. The molecule has 0 aliphatic carbocycles. The van der Waals surface area contributed by atoms with Crippen LogP contribution in [-0.2, 0) is 4.79 Å². The Morgan fingerprint density at radius 3 is 2.82 bits per heavy atom. The molecule has 17 heavy (non-hydrogen) atoms. The van der Waals surface area contributed by atoms with E-state index in [-0.39, 0.29) is 6.42 Å². The van der Waals surface area contributed by atoms with Crippen LogP contribution in [-0.4, -0.2) is 28.0 Å². The number of nitrogens with zero attached hydrogens (tertiary/aromatic N) is 2. The first-order chi connectivity index (χ1) is 7.97. The van der Waals surface area contributed by atoms with Gasteiger partial charge in [-0.1, -0.05) is 18.2 Å². The molecule has 0 heterocycles. The first kappa shape index (κ1) is 15.6. The maximum absolute atomic E-state index is 11.2. The number of aliphatic hydroxyl groups excluding tert-OH is 1. The lowest BCUT2D eigenvalue weighted by atomic mass is 10.1. The molecule has 2 atom stereocenters. The summed E-state index contributed by atoms with van der Waals surface area (Å²) in [4.78, 5) is 11.0. The SMILES string of the molecule is CCCC/C=C/[N+]([O-])=NC(C)C(O)CC(N)=O. The number of azo groups is 1. The minimum absolute atomic E-state index is 0.196. The molecule has 98 valence electrons. The number of carbonyl (C=O) groups is 1. The molecule has 3 N–H and O–H groups in total. The summed E-state index contributed by atoms with van der Waals surface area (Å²) in [6, 6.07) is -0.657. The lowest BCUT2D eigenvalue weighted by Crippen LogP contribution is -2.28. The molecule has 0 rings (SSSR count). The van der Waals surface area contributed by atoms with Crippen LogP contribution in [0.5, 0.6) is 0 Å². The zero-order valence-electron chi connectivity index (χ0n) is 10.4. The molecule has 0 saturated heterocycles. The summed E-state index contributed by atoms with van der Waals surface area (Å²) in [6.45, 7) is 3.62. The van der Waals surface area contributed by atoms with Crippen LogP contribution in [0.1, 0.15) is 39.5 Å². The highest BCUT2D eigenvalue weighted by Crippen LogP contribution is 2.03. The number of hydroxylamine groups is 1. The Morgan fingerprint density at radius 2 is 2.29 bits per heavy atom. The molecule has 0 aromatic rings. The lowest BCUT2D eigenvalue weighted by molar-refractivity contribution is -0.463. The summed E-state index contributed by atoms with van der Waals surface area (Å²) >= 11 is 0. The Bertz CT molecular complexity index is 290. The third-order valence-electron chi connectivity index (χ3n) is 2.22. The van der Waals surface area contributed by atoms with Crippen molar-refractivity contribution in [1.82, 2.24) is 0 Å². The van der Waals surface area contributed by atoms with E-state index in [9.17, 15) is 15.1 Å². The number of nitrogens with two attached hydrogens (primary N) is 1. The minimum Gasteiger partial charge on any atom is -0.595 e. The zero-order chi connectivity index (χ0) is 13.3. The first-order valence-electron chi connectivity index (χ1n) is 5.77. The molecular weight excluding hydrogens is 222 g/mol. The molecule has 0 aliphatic heterocycles. The third kappa shape index (κ3) is 8.38. The molecule has 1 amide bonds. The topological polar surface area (TPSA) is 102 Å². The van der Waals surface area contributed by atoms with Gasteiger partial charge >= 0.3 is 0 Å². The number of hydrogen-bond acceptors (Lipinski definition) is 4. The van der Waals surface area contributed by atoms with E-state index in [1.54, 1.807) is 13.0 Å². The van der Waals surface area contributed by atoms with Gasteiger partial charge < -0.3 is 16.0 Å². The lowest BCUT2D eigenvalue weighted by Gasteiger charge is -2.10. The standard InChI is InChI=1S/C11H21N3O3/c1-3-4-5-6-7-14(17)13-9(2)10(15)8-11(12)16/h6-7,9-10,15H,3-5,8H2,1-2H3,(H2,12,16)/b7-6+,14-13?. The molecule has 0 saturated carbocycles. The molecule has 6 heteroatoms. The van der Waals surface area contributed by atoms with E-state index in [4.69, 9.17) is 5.73 Å². The summed E-state index contributed by atoms with van der Waals surface area (Å²) in [5, 5.41) is 24.4. The van der Waals surface area contributed by atoms with Crippen molar-refractivity contribution in [3.8, 4) is 0 Å². The van der Waals surface area contributed by atoms with Crippen molar-refractivity contribution in [1.29, 1.82) is 0 Å². The predicted octanol–water partition coefficient (Wildman–Crippen LogP) is 1.28. The van der Waals surface area contributed by atoms with Crippen LogP contribution in [0, 0.1) is 5.21 Å². The summed E-state index contributed by atoms with van der Waals surface area (Å²) in [5.74, 6) is -0.615. The van der Waals surface area contributed by atoms with Crippen LogP contribution < -0.4 is 5.73 Å². The fourth-order valence-corrected chi connectivity index (χ4v) is 1.16. The summed E-state index contributed by atoms with van der Waals surface area (Å²) in [5.41, 5.74) is 4.93. The van der Waals surface area contributed by atoms with Gasteiger partial charge in [0.2, 0.25) is 12.1 Å². The van der Waals surface area contributed by atoms with Crippen molar-refractivity contribution in [2.24, 2.45) is 10.8 Å². The van der Waals surface area contributed by atoms with Crippen LogP contribution in [0.25, 0.3) is 0 Å². The van der Waals surface area contributed by atoms with Crippen molar-refractivity contribution in [2.45, 2.75) is 51.7 Å². The number of aliphatic hydroxyl groups is 1. The Kier molecular flexibility index (Phi) is 7.96. The van der Waals surface area contributed by atoms with Gasteiger partial charge in [0.05, 0.1) is 12.5 Å². The highest BCUT2D eigenvalue weighted by Gasteiger charge is 2.18. The van der Waals surface area contributed by atoms with Gasteiger partial charge in [0.1, 0.15) is 6.04 Å². The molecule has 0 spiro atoms. The molecule has 0 radical (unpaired) electrons. The van der Waals surface area contributed by atoms with Crippen LogP contribution in [0.3, 0.4) is 0 Å². The average molecular weight is 243 g/mol. The molecule has 0 bridgehead atoms. The second kappa shape index (κ2) is 8.69. The van der Waals surface area contributed by atoms with Crippen LogP contribution >= 0.6 is 0 Å². The van der Waals surface area contributed by atoms with Gasteiger partial charge in [-0.2, -0.15) is 0 Å². The Balaban J connectivity index is 4.17. The molecule has 0 aromatic heterocycles.